The van der Waals surface area contributed by atoms with Crippen molar-refractivity contribution in [1.29, 1.82) is 0 Å². The highest BCUT2D eigenvalue weighted by Gasteiger charge is 2.41. The summed E-state index contributed by atoms with van der Waals surface area (Å²) in [4.78, 5) is 19.2. The zero-order valence-corrected chi connectivity index (χ0v) is 13.5. The number of rotatable bonds is 2. The Labute approximate surface area is 135 Å². The lowest BCUT2D eigenvalue weighted by Gasteiger charge is -2.27. The molecule has 4 rings (SSSR count). The number of carbonyl (C=O) groups excluding carboxylic acids is 1. The van der Waals surface area contributed by atoms with Crippen molar-refractivity contribution >= 4 is 5.91 Å². The summed E-state index contributed by atoms with van der Waals surface area (Å²) in [6, 6.07) is 5.92. The Hall–Kier alpha value is -2.24. The van der Waals surface area contributed by atoms with Crippen LogP contribution in [0.25, 0.3) is 0 Å². The maximum Gasteiger partial charge on any atom is 0.273 e. The lowest BCUT2D eigenvalue weighted by Crippen LogP contribution is -2.42. The van der Waals surface area contributed by atoms with E-state index in [0.717, 1.165) is 37.5 Å². The first-order valence-electron chi connectivity index (χ1n) is 8.31. The van der Waals surface area contributed by atoms with Crippen LogP contribution in [-0.2, 0) is 13.0 Å². The van der Waals surface area contributed by atoms with Crippen molar-refractivity contribution in [2.24, 2.45) is 0 Å². The van der Waals surface area contributed by atoms with Crippen LogP contribution in [0, 0.1) is 0 Å². The van der Waals surface area contributed by atoms with Crippen molar-refractivity contribution in [3.63, 3.8) is 0 Å². The Morgan fingerprint density at radius 3 is 2.78 bits per heavy atom. The summed E-state index contributed by atoms with van der Waals surface area (Å²) in [6.45, 7) is 5.07. The van der Waals surface area contributed by atoms with Crippen LogP contribution in [-0.4, -0.2) is 42.6 Å². The zero-order valence-electron chi connectivity index (χ0n) is 13.5. The molecule has 0 radical (unpaired) electrons. The Bertz CT molecular complexity index is 724. The largest absolute Gasteiger partial charge is 0.329 e. The quantitative estimate of drug-likeness (QED) is 0.851. The second-order valence-electron chi connectivity index (χ2n) is 6.76. The predicted molar refractivity (Wildman–Crippen MR) is 85.0 cm³/mol. The normalized spacial score (nSPS) is 23.0. The first-order valence-corrected chi connectivity index (χ1v) is 8.31. The topological polar surface area (TPSA) is 63.9 Å². The highest BCUT2D eigenvalue weighted by molar-refractivity contribution is 5.93. The first kappa shape index (κ1) is 14.4. The van der Waals surface area contributed by atoms with Gasteiger partial charge in [0.15, 0.2) is 0 Å². The Morgan fingerprint density at radius 2 is 2.04 bits per heavy atom. The second-order valence-corrected chi connectivity index (χ2v) is 6.76. The van der Waals surface area contributed by atoms with Gasteiger partial charge < -0.3 is 9.47 Å². The molecule has 2 aliphatic heterocycles. The standard InChI is InChI=1S/C17H21N5O/c1-11(2)16-20-19-15-9-12-6-7-13(10-21(15)16)22(12)17(23)14-5-3-4-8-18-14/h3-5,8,11-13H,6-7,9-10H2,1-2H3. The van der Waals surface area contributed by atoms with Crippen LogP contribution in [0.2, 0.25) is 0 Å². The van der Waals surface area contributed by atoms with E-state index in [-0.39, 0.29) is 18.0 Å². The van der Waals surface area contributed by atoms with Gasteiger partial charge in [-0.15, -0.1) is 10.2 Å². The van der Waals surface area contributed by atoms with Crippen LogP contribution < -0.4 is 0 Å². The molecule has 2 aromatic rings. The highest BCUT2D eigenvalue weighted by Crippen LogP contribution is 2.33. The minimum atomic E-state index is 0.0444. The lowest BCUT2D eigenvalue weighted by molar-refractivity contribution is 0.0659. The van der Waals surface area contributed by atoms with Crippen molar-refractivity contribution in [3.05, 3.63) is 41.7 Å². The van der Waals surface area contributed by atoms with Gasteiger partial charge in [-0.25, -0.2) is 0 Å². The van der Waals surface area contributed by atoms with E-state index in [1.807, 2.05) is 17.0 Å². The molecule has 0 aliphatic carbocycles. The molecule has 0 saturated carbocycles. The van der Waals surface area contributed by atoms with E-state index in [4.69, 9.17) is 0 Å². The Morgan fingerprint density at radius 1 is 1.22 bits per heavy atom. The lowest BCUT2D eigenvalue weighted by atomic mass is 10.1. The molecular weight excluding hydrogens is 290 g/mol. The molecule has 23 heavy (non-hydrogen) atoms. The van der Waals surface area contributed by atoms with Gasteiger partial charge in [-0.2, -0.15) is 0 Å². The summed E-state index contributed by atoms with van der Waals surface area (Å²) in [5.74, 6) is 2.42. The first-order chi connectivity index (χ1) is 11.1. The summed E-state index contributed by atoms with van der Waals surface area (Å²) in [5, 5.41) is 8.74. The molecule has 4 heterocycles. The summed E-state index contributed by atoms with van der Waals surface area (Å²) >= 11 is 0. The molecule has 2 aliphatic rings. The predicted octanol–water partition coefficient (Wildman–Crippen LogP) is 2.03. The molecule has 2 unspecified atom stereocenters. The van der Waals surface area contributed by atoms with Gasteiger partial charge in [-0.05, 0) is 25.0 Å². The maximum absolute atomic E-state index is 12.9. The van der Waals surface area contributed by atoms with Crippen molar-refractivity contribution < 1.29 is 4.79 Å². The van der Waals surface area contributed by atoms with Crippen molar-refractivity contribution in [2.75, 3.05) is 0 Å². The van der Waals surface area contributed by atoms with E-state index in [0.29, 0.717) is 11.6 Å². The number of hydrogen-bond donors (Lipinski definition) is 0. The third kappa shape index (κ3) is 2.33. The minimum Gasteiger partial charge on any atom is -0.329 e. The van der Waals surface area contributed by atoms with E-state index in [1.165, 1.54) is 0 Å². The highest BCUT2D eigenvalue weighted by atomic mass is 16.2. The third-order valence-electron chi connectivity index (χ3n) is 4.92. The number of carbonyl (C=O) groups is 1. The Kier molecular flexibility index (Phi) is 3.39. The average Bonchev–Trinajstić information content (AvgIpc) is 3.07. The average molecular weight is 311 g/mol. The van der Waals surface area contributed by atoms with Gasteiger partial charge in [-0.1, -0.05) is 19.9 Å². The maximum atomic E-state index is 12.9. The van der Waals surface area contributed by atoms with Gasteiger partial charge in [0, 0.05) is 31.1 Å². The van der Waals surface area contributed by atoms with Gasteiger partial charge in [0.25, 0.3) is 5.91 Å². The molecule has 6 heteroatoms. The monoisotopic (exact) mass is 311 g/mol. The molecule has 0 N–H and O–H groups in total. The van der Waals surface area contributed by atoms with Gasteiger partial charge in [-0.3, -0.25) is 9.78 Å². The van der Waals surface area contributed by atoms with Crippen LogP contribution in [0.3, 0.4) is 0 Å². The number of pyridine rings is 1. The van der Waals surface area contributed by atoms with Gasteiger partial charge in [0.05, 0.1) is 6.04 Å². The smallest absolute Gasteiger partial charge is 0.273 e. The fraction of sp³-hybridized carbons (Fsp3) is 0.529. The molecule has 2 aromatic heterocycles. The van der Waals surface area contributed by atoms with Crippen LogP contribution in [0.1, 0.15) is 54.7 Å². The van der Waals surface area contributed by atoms with Gasteiger partial charge in [0.2, 0.25) is 0 Å². The van der Waals surface area contributed by atoms with E-state index < -0.39 is 0 Å². The summed E-state index contributed by atoms with van der Waals surface area (Å²) in [6.07, 6.45) is 4.54. The van der Waals surface area contributed by atoms with Crippen LogP contribution in [0.5, 0.6) is 0 Å². The van der Waals surface area contributed by atoms with Crippen molar-refractivity contribution in [1.82, 2.24) is 24.6 Å². The molecule has 2 bridgehead atoms. The van der Waals surface area contributed by atoms with Crippen LogP contribution >= 0.6 is 0 Å². The molecule has 1 fully saturated rings. The fourth-order valence-electron chi connectivity index (χ4n) is 3.84. The molecule has 120 valence electrons. The van der Waals surface area contributed by atoms with E-state index in [1.54, 1.807) is 12.3 Å². The molecule has 0 aromatic carbocycles. The van der Waals surface area contributed by atoms with Crippen LogP contribution in [0.4, 0.5) is 0 Å². The SMILES string of the molecule is CC(C)c1nnc2n1CC1CCC(C2)N1C(=O)c1ccccn1. The minimum absolute atomic E-state index is 0.0444. The second kappa shape index (κ2) is 5.44. The number of amides is 1. The molecule has 6 nitrogen and oxygen atoms in total. The number of hydrogen-bond acceptors (Lipinski definition) is 4. The summed E-state index contributed by atoms with van der Waals surface area (Å²) in [5.41, 5.74) is 0.533. The molecule has 1 saturated heterocycles. The van der Waals surface area contributed by atoms with E-state index in [9.17, 15) is 4.79 Å². The van der Waals surface area contributed by atoms with E-state index >= 15 is 0 Å². The van der Waals surface area contributed by atoms with Gasteiger partial charge >= 0.3 is 0 Å². The van der Waals surface area contributed by atoms with Crippen LogP contribution in [0.15, 0.2) is 24.4 Å². The van der Waals surface area contributed by atoms with Crippen molar-refractivity contribution in [2.45, 2.75) is 57.7 Å². The van der Waals surface area contributed by atoms with Gasteiger partial charge in [0.1, 0.15) is 17.3 Å². The number of fused-ring (bicyclic) bond motifs is 3. The Balaban J connectivity index is 1.67. The molecule has 0 spiro atoms. The van der Waals surface area contributed by atoms with E-state index in [2.05, 4.69) is 33.6 Å². The van der Waals surface area contributed by atoms with Crippen molar-refractivity contribution in [3.8, 4) is 0 Å². The summed E-state index contributed by atoms with van der Waals surface area (Å²) < 4.78 is 2.23. The number of aromatic nitrogens is 4. The fourth-order valence-corrected chi connectivity index (χ4v) is 3.84. The molecule has 1 amide bonds. The molecule has 2 atom stereocenters. The third-order valence-corrected chi connectivity index (χ3v) is 4.92. The zero-order chi connectivity index (χ0) is 16.0. The molecular formula is C17H21N5O. The number of nitrogens with zero attached hydrogens (tertiary/aromatic N) is 5. The summed E-state index contributed by atoms with van der Waals surface area (Å²) in [7, 11) is 0.